The summed E-state index contributed by atoms with van der Waals surface area (Å²) in [5, 5.41) is 9.22. The largest absolute Gasteiger partial charge is 0.381 e. The van der Waals surface area contributed by atoms with Gasteiger partial charge in [-0.3, -0.25) is 4.79 Å². The molecule has 0 aliphatic heterocycles. The van der Waals surface area contributed by atoms with Gasteiger partial charge in [0, 0.05) is 19.7 Å². The first-order valence-corrected chi connectivity index (χ1v) is 5.08. The first-order chi connectivity index (χ1) is 7.24. The number of anilines is 1. The second kappa shape index (κ2) is 4.02. The molecule has 0 saturated heterocycles. The predicted molar refractivity (Wildman–Crippen MR) is 56.9 cm³/mol. The predicted octanol–water partition coefficient (Wildman–Crippen LogP) is 0.751. The molecule has 1 aliphatic carbocycles. The summed E-state index contributed by atoms with van der Waals surface area (Å²) in [4.78, 5) is 11.0. The molecule has 0 bridgehead atoms. The molecule has 1 fully saturated rings. The van der Waals surface area contributed by atoms with Crippen molar-refractivity contribution >= 4 is 5.69 Å². The van der Waals surface area contributed by atoms with Crippen LogP contribution in [0.15, 0.2) is 17.1 Å². The number of H-pyrrole nitrogens is 1. The van der Waals surface area contributed by atoms with E-state index in [1.54, 1.807) is 13.3 Å². The fourth-order valence-electron chi connectivity index (χ4n) is 1.76. The summed E-state index contributed by atoms with van der Waals surface area (Å²) < 4.78 is 5.46. The van der Waals surface area contributed by atoms with Gasteiger partial charge in [0.1, 0.15) is 0 Å². The van der Waals surface area contributed by atoms with Gasteiger partial charge in [-0.2, -0.15) is 5.10 Å². The van der Waals surface area contributed by atoms with Crippen LogP contribution in [-0.2, 0) is 4.74 Å². The molecule has 2 N–H and O–H groups in total. The Kier molecular flexibility index (Phi) is 2.73. The number of hydrogen-bond donors (Lipinski definition) is 2. The third-order valence-electron chi connectivity index (χ3n) is 2.98. The molecule has 0 radical (unpaired) electrons. The van der Waals surface area contributed by atoms with E-state index < -0.39 is 0 Å². The zero-order valence-electron chi connectivity index (χ0n) is 8.75. The highest BCUT2D eigenvalue weighted by molar-refractivity contribution is 5.39. The molecule has 0 unspecified atom stereocenters. The topological polar surface area (TPSA) is 67.0 Å². The molecule has 82 valence electrons. The number of rotatable bonds is 4. The van der Waals surface area contributed by atoms with E-state index in [-0.39, 0.29) is 11.2 Å². The summed E-state index contributed by atoms with van der Waals surface area (Å²) in [7, 11) is 1.73. The van der Waals surface area contributed by atoms with E-state index >= 15 is 0 Å². The highest BCUT2D eigenvalue weighted by Gasteiger charge is 2.36. The molecule has 2 rings (SSSR count). The SMILES string of the molecule is COC1(CNc2cn[nH]c(=O)c2)CCC1. The fraction of sp³-hybridized carbons (Fsp3) is 0.600. The third-order valence-corrected chi connectivity index (χ3v) is 2.98. The lowest BCUT2D eigenvalue weighted by Crippen LogP contribution is -2.45. The fourth-order valence-corrected chi connectivity index (χ4v) is 1.76. The first kappa shape index (κ1) is 10.2. The molecule has 0 spiro atoms. The van der Waals surface area contributed by atoms with Crippen molar-refractivity contribution in [1.82, 2.24) is 10.2 Å². The van der Waals surface area contributed by atoms with E-state index in [1.165, 1.54) is 12.5 Å². The van der Waals surface area contributed by atoms with Gasteiger partial charge in [-0.15, -0.1) is 0 Å². The molecule has 0 atom stereocenters. The minimum Gasteiger partial charge on any atom is -0.381 e. The van der Waals surface area contributed by atoms with Gasteiger partial charge < -0.3 is 10.1 Å². The molecule has 15 heavy (non-hydrogen) atoms. The number of ether oxygens (including phenoxy) is 1. The maximum atomic E-state index is 11.0. The number of nitrogens with zero attached hydrogens (tertiary/aromatic N) is 1. The lowest BCUT2D eigenvalue weighted by atomic mass is 9.80. The van der Waals surface area contributed by atoms with Gasteiger partial charge in [0.25, 0.3) is 5.56 Å². The van der Waals surface area contributed by atoms with Gasteiger partial charge in [-0.25, -0.2) is 5.10 Å². The Morgan fingerprint density at radius 1 is 1.67 bits per heavy atom. The minimum absolute atomic E-state index is 0.0391. The van der Waals surface area contributed by atoms with E-state index in [4.69, 9.17) is 4.74 Å². The van der Waals surface area contributed by atoms with Gasteiger partial charge >= 0.3 is 0 Å². The molecular weight excluding hydrogens is 194 g/mol. The average molecular weight is 209 g/mol. The Labute approximate surface area is 87.8 Å². The zero-order valence-corrected chi connectivity index (χ0v) is 8.75. The van der Waals surface area contributed by atoms with E-state index in [0.29, 0.717) is 0 Å². The molecular formula is C10H15N3O2. The highest BCUT2D eigenvalue weighted by Crippen LogP contribution is 2.34. The first-order valence-electron chi connectivity index (χ1n) is 5.08. The van der Waals surface area contributed by atoms with E-state index in [0.717, 1.165) is 25.1 Å². The molecule has 0 amide bonds. The summed E-state index contributed by atoms with van der Waals surface area (Å²) >= 11 is 0. The molecule has 1 aromatic heterocycles. The Morgan fingerprint density at radius 2 is 2.47 bits per heavy atom. The summed E-state index contributed by atoms with van der Waals surface area (Å²) in [5.41, 5.74) is 0.505. The van der Waals surface area contributed by atoms with Crippen LogP contribution in [0.5, 0.6) is 0 Å². The van der Waals surface area contributed by atoms with Crippen LogP contribution in [0.4, 0.5) is 5.69 Å². The van der Waals surface area contributed by atoms with Crippen LogP contribution < -0.4 is 10.9 Å². The number of aromatic amines is 1. The van der Waals surface area contributed by atoms with E-state index in [1.807, 2.05) is 0 Å². The van der Waals surface area contributed by atoms with Crippen molar-refractivity contribution in [3.05, 3.63) is 22.6 Å². The van der Waals surface area contributed by atoms with Crippen LogP contribution in [0, 0.1) is 0 Å². The monoisotopic (exact) mass is 209 g/mol. The minimum atomic E-state index is -0.194. The Morgan fingerprint density at radius 3 is 3.00 bits per heavy atom. The van der Waals surface area contributed by atoms with Gasteiger partial charge in [0.05, 0.1) is 17.5 Å². The van der Waals surface area contributed by atoms with Gasteiger partial charge in [-0.05, 0) is 19.3 Å². The molecule has 1 heterocycles. The van der Waals surface area contributed by atoms with Crippen molar-refractivity contribution in [2.45, 2.75) is 24.9 Å². The van der Waals surface area contributed by atoms with E-state index in [2.05, 4.69) is 15.5 Å². The van der Waals surface area contributed by atoms with Crippen LogP contribution in [0.1, 0.15) is 19.3 Å². The van der Waals surface area contributed by atoms with Crippen molar-refractivity contribution in [3.8, 4) is 0 Å². The highest BCUT2D eigenvalue weighted by atomic mass is 16.5. The smallest absolute Gasteiger partial charge is 0.266 e. The summed E-state index contributed by atoms with van der Waals surface area (Å²) in [6.07, 6.45) is 4.97. The lowest BCUT2D eigenvalue weighted by molar-refractivity contribution is -0.0601. The second-order valence-corrected chi connectivity index (χ2v) is 3.93. The van der Waals surface area contributed by atoms with Crippen LogP contribution in [0.2, 0.25) is 0 Å². The van der Waals surface area contributed by atoms with Crippen molar-refractivity contribution in [2.75, 3.05) is 19.0 Å². The van der Waals surface area contributed by atoms with E-state index in [9.17, 15) is 4.79 Å². The zero-order chi connectivity index (χ0) is 10.7. The van der Waals surface area contributed by atoms with Crippen molar-refractivity contribution in [1.29, 1.82) is 0 Å². The van der Waals surface area contributed by atoms with Crippen LogP contribution in [0.3, 0.4) is 0 Å². The van der Waals surface area contributed by atoms with Gasteiger partial charge in [0.15, 0.2) is 0 Å². The number of methoxy groups -OCH3 is 1. The number of hydrogen-bond acceptors (Lipinski definition) is 4. The molecule has 5 heteroatoms. The van der Waals surface area contributed by atoms with Crippen molar-refractivity contribution in [2.24, 2.45) is 0 Å². The summed E-state index contributed by atoms with van der Waals surface area (Å²) in [5.74, 6) is 0. The number of aromatic nitrogens is 2. The standard InChI is InChI=1S/C10H15N3O2/c1-15-10(3-2-4-10)7-11-8-5-9(14)13-12-6-8/h5-6H,2-4,7H2,1H3,(H2,11,13,14). The lowest BCUT2D eigenvalue weighted by Gasteiger charge is -2.40. The quantitative estimate of drug-likeness (QED) is 0.768. The molecule has 5 nitrogen and oxygen atoms in total. The molecule has 1 aromatic rings. The van der Waals surface area contributed by atoms with Crippen LogP contribution >= 0.6 is 0 Å². The molecule has 1 aliphatic rings. The average Bonchev–Trinajstić information content (AvgIpc) is 2.17. The number of nitrogens with one attached hydrogen (secondary N) is 2. The molecule has 0 aromatic carbocycles. The van der Waals surface area contributed by atoms with Crippen LogP contribution in [-0.4, -0.2) is 29.5 Å². The maximum Gasteiger partial charge on any atom is 0.266 e. The normalized spacial score (nSPS) is 18.2. The third kappa shape index (κ3) is 2.18. The Balaban J connectivity index is 1.95. The van der Waals surface area contributed by atoms with Crippen molar-refractivity contribution in [3.63, 3.8) is 0 Å². The Hall–Kier alpha value is -1.36. The van der Waals surface area contributed by atoms with Gasteiger partial charge in [0.2, 0.25) is 0 Å². The second-order valence-electron chi connectivity index (χ2n) is 3.93. The Bertz CT molecular complexity index is 379. The van der Waals surface area contributed by atoms with Crippen molar-refractivity contribution < 1.29 is 4.74 Å². The maximum absolute atomic E-state index is 11.0. The van der Waals surface area contributed by atoms with Gasteiger partial charge in [-0.1, -0.05) is 0 Å². The molecule has 1 saturated carbocycles. The van der Waals surface area contributed by atoms with Crippen LogP contribution in [0.25, 0.3) is 0 Å². The summed E-state index contributed by atoms with van der Waals surface area (Å²) in [6.45, 7) is 0.731. The summed E-state index contributed by atoms with van der Waals surface area (Å²) in [6, 6.07) is 1.50.